The van der Waals surface area contributed by atoms with Crippen LogP contribution in [-0.4, -0.2) is 25.2 Å². The molecule has 1 aromatic rings. The maximum absolute atomic E-state index is 12.2. The molecule has 6 nitrogen and oxygen atoms in total. The largest absolute Gasteiger partial charge is 0.479 e. The molecule has 8 heteroatoms. The van der Waals surface area contributed by atoms with Gasteiger partial charge in [0.25, 0.3) is 0 Å². The second-order valence-electron chi connectivity index (χ2n) is 6.02. The Morgan fingerprint density at radius 2 is 2.08 bits per heavy atom. The molecule has 3 unspecified atom stereocenters. The lowest BCUT2D eigenvalue weighted by molar-refractivity contribution is -0.136. The molecule has 24 heavy (non-hydrogen) atoms. The van der Waals surface area contributed by atoms with Crippen LogP contribution in [0.25, 0.3) is 0 Å². The summed E-state index contributed by atoms with van der Waals surface area (Å²) in [7, 11) is 1.64. The molecule has 0 saturated heterocycles. The number of rotatable bonds is 6. The van der Waals surface area contributed by atoms with Crippen molar-refractivity contribution in [2.45, 2.75) is 50.4 Å². The third-order valence-electron chi connectivity index (χ3n) is 4.20. The van der Waals surface area contributed by atoms with Gasteiger partial charge in [-0.25, -0.2) is 4.57 Å². The third-order valence-corrected chi connectivity index (χ3v) is 5.59. The molecule has 0 aromatic heterocycles. The normalized spacial score (nSPS) is 27.9. The summed E-state index contributed by atoms with van der Waals surface area (Å²) < 4.78 is 28.1. The van der Waals surface area contributed by atoms with Crippen molar-refractivity contribution in [1.82, 2.24) is 0 Å². The van der Waals surface area contributed by atoms with Crippen molar-refractivity contribution in [3.05, 3.63) is 35.9 Å². The number of halogens is 1. The quantitative estimate of drug-likeness (QED) is 0.762. The van der Waals surface area contributed by atoms with Crippen LogP contribution in [0.15, 0.2) is 30.3 Å². The molecule has 4 atom stereocenters. The lowest BCUT2D eigenvalue weighted by atomic mass is 9.78. The molecule has 1 saturated carbocycles. The summed E-state index contributed by atoms with van der Waals surface area (Å²) in [6.45, 7) is -2.62. The summed E-state index contributed by atoms with van der Waals surface area (Å²) in [4.78, 5) is 11.5. The van der Waals surface area contributed by atoms with Crippen LogP contribution < -0.4 is 5.73 Å². The number of ether oxygens (including phenoxy) is 1. The molecule has 0 spiro atoms. The zero-order valence-electron chi connectivity index (χ0n) is 13.8. The van der Waals surface area contributed by atoms with Gasteiger partial charge in [-0.3, -0.25) is 9.32 Å². The summed E-state index contributed by atoms with van der Waals surface area (Å²) in [6, 6.07) is 8.87. The van der Waals surface area contributed by atoms with Gasteiger partial charge in [-0.05, 0) is 31.7 Å². The first kappa shape index (κ1) is 19.4. The third kappa shape index (κ3) is 4.80. The van der Waals surface area contributed by atoms with E-state index < -0.39 is 30.7 Å². The van der Waals surface area contributed by atoms with Gasteiger partial charge >= 0.3 is 12.9 Å². The molecule has 0 aliphatic heterocycles. The Bertz CT molecular complexity index is 612. The van der Waals surface area contributed by atoms with Crippen LogP contribution in [0.3, 0.4) is 0 Å². The standard InChI is InChI=1S/C16H23ClNO5P/c1-12(18)15(19)23-24(17,20)22-14-9-6-10-16(11-14,21-2)13-7-4-3-5-8-13/h3-5,7-8,12,14H,6,9-11,18H2,1-2H3/t12-,14?,16?,24?/m0/s1. The minimum absolute atomic E-state index is 0.442. The van der Waals surface area contributed by atoms with Crippen LogP contribution in [0.2, 0.25) is 0 Å². The SMILES string of the molecule is COC1(c2ccccc2)CCCC(OP(=O)(Cl)OC(=O)[C@H](C)N)C1. The topological polar surface area (TPSA) is 87.9 Å². The van der Waals surface area contributed by atoms with Gasteiger partial charge in [-0.15, -0.1) is 0 Å². The fourth-order valence-electron chi connectivity index (χ4n) is 2.97. The molecule has 0 radical (unpaired) electrons. The zero-order chi connectivity index (χ0) is 17.8. The van der Waals surface area contributed by atoms with Crippen LogP contribution in [0.4, 0.5) is 0 Å². The number of nitrogens with two attached hydrogens (primary N) is 1. The second-order valence-corrected chi connectivity index (χ2v) is 8.51. The number of methoxy groups -OCH3 is 1. The molecule has 1 aliphatic carbocycles. The average molecular weight is 376 g/mol. The smallest absolute Gasteiger partial charge is 0.379 e. The van der Waals surface area contributed by atoms with Gasteiger partial charge in [0.2, 0.25) is 0 Å². The molecule has 2 N–H and O–H groups in total. The second kappa shape index (κ2) is 7.98. The van der Waals surface area contributed by atoms with Gasteiger partial charge in [0.15, 0.2) is 0 Å². The fraction of sp³-hybridized carbons (Fsp3) is 0.562. The molecule has 1 aliphatic rings. The van der Waals surface area contributed by atoms with Gasteiger partial charge in [0.1, 0.15) is 6.04 Å². The van der Waals surface area contributed by atoms with Crippen LogP contribution >= 0.6 is 18.2 Å². The van der Waals surface area contributed by atoms with Gasteiger partial charge < -0.3 is 15.0 Å². The number of carbonyl (C=O) groups excluding carboxylic acids is 1. The first-order valence-electron chi connectivity index (χ1n) is 7.86. The predicted octanol–water partition coefficient (Wildman–Crippen LogP) is 3.72. The van der Waals surface area contributed by atoms with Crippen LogP contribution in [-0.2, 0) is 28.7 Å². The summed E-state index contributed by atoms with van der Waals surface area (Å²) in [5.41, 5.74) is 5.88. The first-order chi connectivity index (χ1) is 11.3. The van der Waals surface area contributed by atoms with E-state index in [1.165, 1.54) is 6.92 Å². The van der Waals surface area contributed by atoms with Crippen molar-refractivity contribution in [3.8, 4) is 0 Å². The Labute approximate surface area is 146 Å². The first-order valence-corrected chi connectivity index (χ1v) is 10.3. The molecule has 134 valence electrons. The lowest BCUT2D eigenvalue weighted by Crippen LogP contribution is -2.37. The molecule has 0 amide bonds. The highest BCUT2D eigenvalue weighted by atomic mass is 35.7. The highest BCUT2D eigenvalue weighted by Crippen LogP contribution is 2.57. The molecular formula is C16H23ClNO5P. The minimum Gasteiger partial charge on any atom is -0.379 e. The number of hydrogen-bond donors (Lipinski definition) is 1. The van der Waals surface area contributed by atoms with E-state index in [0.29, 0.717) is 12.8 Å². The van der Waals surface area contributed by atoms with Crippen LogP contribution in [0.1, 0.15) is 38.2 Å². The highest BCUT2D eigenvalue weighted by Gasteiger charge is 2.41. The lowest BCUT2D eigenvalue weighted by Gasteiger charge is -2.40. The molecular weight excluding hydrogens is 353 g/mol. The van der Waals surface area contributed by atoms with Crippen molar-refractivity contribution in [2.24, 2.45) is 5.73 Å². The van der Waals surface area contributed by atoms with Crippen molar-refractivity contribution < 1.29 is 23.1 Å². The molecule has 0 bridgehead atoms. The fourth-order valence-corrected chi connectivity index (χ4v) is 4.48. The summed E-state index contributed by atoms with van der Waals surface area (Å²) in [5, 5.41) is 0. The maximum atomic E-state index is 12.2. The van der Waals surface area contributed by atoms with E-state index in [0.717, 1.165) is 18.4 Å². The Morgan fingerprint density at radius 1 is 1.42 bits per heavy atom. The van der Waals surface area contributed by atoms with Crippen molar-refractivity contribution in [3.63, 3.8) is 0 Å². The van der Waals surface area contributed by atoms with E-state index >= 15 is 0 Å². The van der Waals surface area contributed by atoms with Gasteiger partial charge in [-0.2, -0.15) is 0 Å². The predicted molar refractivity (Wildman–Crippen MR) is 91.7 cm³/mol. The van der Waals surface area contributed by atoms with Gasteiger partial charge in [-0.1, -0.05) is 30.3 Å². The maximum Gasteiger partial charge on any atom is 0.479 e. The number of carbonyl (C=O) groups is 1. The van der Waals surface area contributed by atoms with E-state index in [9.17, 15) is 9.36 Å². The number of benzene rings is 1. The Morgan fingerprint density at radius 3 is 2.67 bits per heavy atom. The molecule has 1 fully saturated rings. The summed E-state index contributed by atoms with van der Waals surface area (Å²) in [6.07, 6.45) is 2.32. The van der Waals surface area contributed by atoms with Crippen molar-refractivity contribution >= 4 is 24.2 Å². The van der Waals surface area contributed by atoms with Gasteiger partial charge in [0.05, 0.1) is 11.7 Å². The number of hydrogen-bond acceptors (Lipinski definition) is 6. The van der Waals surface area contributed by atoms with Crippen molar-refractivity contribution in [1.29, 1.82) is 0 Å². The van der Waals surface area contributed by atoms with E-state index in [1.54, 1.807) is 7.11 Å². The Hall–Kier alpha value is -0.910. The summed E-state index contributed by atoms with van der Waals surface area (Å²) in [5.74, 6) is -0.856. The molecule has 0 heterocycles. The van der Waals surface area contributed by atoms with Crippen LogP contribution in [0.5, 0.6) is 0 Å². The summed E-state index contributed by atoms with van der Waals surface area (Å²) >= 11 is 5.78. The highest BCUT2D eigenvalue weighted by molar-refractivity contribution is 7.81. The monoisotopic (exact) mass is 375 g/mol. The molecule has 1 aromatic carbocycles. The van der Waals surface area contributed by atoms with E-state index in [4.69, 9.17) is 30.8 Å². The van der Waals surface area contributed by atoms with E-state index in [1.807, 2.05) is 30.3 Å². The van der Waals surface area contributed by atoms with E-state index in [2.05, 4.69) is 0 Å². The van der Waals surface area contributed by atoms with E-state index in [-0.39, 0.29) is 0 Å². The Kier molecular flexibility index (Phi) is 6.46. The zero-order valence-corrected chi connectivity index (χ0v) is 15.5. The minimum atomic E-state index is -4.04. The van der Waals surface area contributed by atoms with Gasteiger partial charge in [0, 0.05) is 24.8 Å². The average Bonchev–Trinajstić information content (AvgIpc) is 2.54. The molecule has 2 rings (SSSR count). The Balaban J connectivity index is 2.10. The van der Waals surface area contributed by atoms with Crippen molar-refractivity contribution in [2.75, 3.05) is 7.11 Å². The van der Waals surface area contributed by atoms with Crippen LogP contribution in [0, 0.1) is 0 Å².